The standard InChI is InChI=1S/C18H26N2O2/c1-17(2,3)22-16(21)19-13-18-9-15(10-18)12-20(18)11-14-7-5-4-6-8-14/h4-8,15H,9-13H2,1-3H3,(H,19,21). The van der Waals surface area contributed by atoms with Gasteiger partial charge >= 0.3 is 6.09 Å². The molecule has 120 valence electrons. The minimum absolute atomic E-state index is 0.136. The summed E-state index contributed by atoms with van der Waals surface area (Å²) in [5.74, 6) is 0.796. The molecule has 2 saturated heterocycles. The van der Waals surface area contributed by atoms with E-state index < -0.39 is 5.60 Å². The van der Waals surface area contributed by atoms with Crippen molar-refractivity contribution in [3.8, 4) is 0 Å². The van der Waals surface area contributed by atoms with Crippen molar-refractivity contribution in [1.82, 2.24) is 10.2 Å². The van der Waals surface area contributed by atoms with E-state index in [1.165, 1.54) is 18.4 Å². The fourth-order valence-electron chi connectivity index (χ4n) is 3.75. The molecule has 0 atom stereocenters. The summed E-state index contributed by atoms with van der Waals surface area (Å²) in [6.07, 6.45) is 2.07. The summed E-state index contributed by atoms with van der Waals surface area (Å²) in [6, 6.07) is 10.6. The SMILES string of the molecule is CC(C)(C)OC(=O)NCC12CC(CN1Cc1ccccc1)C2. The van der Waals surface area contributed by atoms with Crippen LogP contribution in [-0.4, -0.2) is 35.2 Å². The average molecular weight is 302 g/mol. The normalized spacial score (nSPS) is 27.3. The number of nitrogens with one attached hydrogen (secondary N) is 1. The highest BCUT2D eigenvalue weighted by atomic mass is 16.6. The molecule has 1 aromatic rings. The second kappa shape index (κ2) is 5.58. The lowest BCUT2D eigenvalue weighted by Gasteiger charge is -2.42. The molecule has 0 aromatic heterocycles. The van der Waals surface area contributed by atoms with Crippen LogP contribution in [0.2, 0.25) is 0 Å². The highest BCUT2D eigenvalue weighted by Crippen LogP contribution is 2.50. The van der Waals surface area contributed by atoms with Crippen molar-refractivity contribution in [2.24, 2.45) is 5.92 Å². The van der Waals surface area contributed by atoms with Crippen molar-refractivity contribution >= 4 is 6.09 Å². The van der Waals surface area contributed by atoms with Crippen LogP contribution in [0.4, 0.5) is 4.79 Å². The van der Waals surface area contributed by atoms with Crippen LogP contribution < -0.4 is 5.32 Å². The van der Waals surface area contributed by atoms with Gasteiger partial charge in [0.25, 0.3) is 0 Å². The smallest absolute Gasteiger partial charge is 0.407 e. The van der Waals surface area contributed by atoms with Crippen molar-refractivity contribution in [2.45, 2.75) is 51.3 Å². The summed E-state index contributed by atoms with van der Waals surface area (Å²) >= 11 is 0. The lowest BCUT2D eigenvalue weighted by atomic mass is 9.73. The molecule has 4 rings (SSSR count). The Labute approximate surface area is 132 Å². The average Bonchev–Trinajstić information content (AvgIpc) is 2.89. The number of benzene rings is 1. The molecular formula is C18H26N2O2. The van der Waals surface area contributed by atoms with Crippen LogP contribution in [0.25, 0.3) is 0 Å². The van der Waals surface area contributed by atoms with E-state index in [4.69, 9.17) is 4.74 Å². The Morgan fingerprint density at radius 3 is 2.64 bits per heavy atom. The quantitative estimate of drug-likeness (QED) is 0.929. The third-order valence-electron chi connectivity index (χ3n) is 4.66. The number of rotatable bonds is 4. The first-order valence-electron chi connectivity index (χ1n) is 8.12. The maximum atomic E-state index is 11.9. The van der Waals surface area contributed by atoms with Crippen LogP contribution in [0.5, 0.6) is 0 Å². The second-order valence-electron chi connectivity index (χ2n) is 7.72. The number of hydrogen-bond acceptors (Lipinski definition) is 3. The zero-order valence-electron chi connectivity index (χ0n) is 13.8. The van der Waals surface area contributed by atoms with Crippen LogP contribution >= 0.6 is 0 Å². The summed E-state index contributed by atoms with van der Waals surface area (Å²) in [5.41, 5.74) is 1.03. The number of ether oxygens (including phenoxy) is 1. The molecule has 1 aliphatic carbocycles. The lowest BCUT2D eigenvalue weighted by molar-refractivity contribution is 0.0433. The predicted molar refractivity (Wildman–Crippen MR) is 86.5 cm³/mol. The molecule has 2 bridgehead atoms. The van der Waals surface area contributed by atoms with E-state index in [0.717, 1.165) is 19.0 Å². The van der Waals surface area contributed by atoms with E-state index in [-0.39, 0.29) is 11.6 Å². The second-order valence-corrected chi connectivity index (χ2v) is 7.72. The lowest BCUT2D eigenvalue weighted by Crippen LogP contribution is -2.54. The Kier molecular flexibility index (Phi) is 3.89. The molecule has 1 amide bonds. The molecule has 4 heteroatoms. The van der Waals surface area contributed by atoms with Gasteiger partial charge in [-0.05, 0) is 45.1 Å². The Hall–Kier alpha value is -1.55. The summed E-state index contributed by atoms with van der Waals surface area (Å²) in [4.78, 5) is 14.4. The first-order valence-corrected chi connectivity index (χ1v) is 8.12. The number of fused-ring (bicyclic) bond motifs is 1. The van der Waals surface area contributed by atoms with Gasteiger partial charge in [0, 0.05) is 25.2 Å². The molecule has 1 aromatic carbocycles. The third kappa shape index (κ3) is 3.27. The highest BCUT2D eigenvalue weighted by molar-refractivity contribution is 5.67. The molecule has 0 radical (unpaired) electrons. The van der Waals surface area contributed by atoms with Gasteiger partial charge in [-0.15, -0.1) is 0 Å². The van der Waals surface area contributed by atoms with Crippen LogP contribution in [0.3, 0.4) is 0 Å². The van der Waals surface area contributed by atoms with E-state index >= 15 is 0 Å². The summed E-state index contributed by atoms with van der Waals surface area (Å²) in [5, 5.41) is 2.97. The summed E-state index contributed by atoms with van der Waals surface area (Å²) < 4.78 is 5.34. The van der Waals surface area contributed by atoms with Gasteiger partial charge in [0.1, 0.15) is 5.60 Å². The molecule has 2 heterocycles. The number of hydrogen-bond donors (Lipinski definition) is 1. The molecule has 3 aliphatic rings. The van der Waals surface area contributed by atoms with Gasteiger partial charge in [0.2, 0.25) is 0 Å². The highest BCUT2D eigenvalue weighted by Gasteiger charge is 2.55. The maximum absolute atomic E-state index is 11.9. The van der Waals surface area contributed by atoms with Gasteiger partial charge in [-0.25, -0.2) is 4.79 Å². The van der Waals surface area contributed by atoms with Crippen LogP contribution in [0, 0.1) is 5.92 Å². The van der Waals surface area contributed by atoms with E-state index in [2.05, 4.69) is 34.5 Å². The fraction of sp³-hybridized carbons (Fsp3) is 0.611. The Morgan fingerprint density at radius 2 is 2.00 bits per heavy atom. The molecule has 4 nitrogen and oxygen atoms in total. The van der Waals surface area contributed by atoms with Crippen molar-refractivity contribution in [2.75, 3.05) is 13.1 Å². The van der Waals surface area contributed by atoms with Crippen molar-refractivity contribution in [3.05, 3.63) is 35.9 Å². The number of amides is 1. The van der Waals surface area contributed by atoms with Gasteiger partial charge in [0.05, 0.1) is 0 Å². The Balaban J connectivity index is 1.57. The van der Waals surface area contributed by atoms with Gasteiger partial charge < -0.3 is 10.1 Å². The van der Waals surface area contributed by atoms with Crippen LogP contribution in [-0.2, 0) is 11.3 Å². The minimum atomic E-state index is -0.441. The first-order chi connectivity index (χ1) is 10.4. The molecule has 2 aliphatic heterocycles. The molecule has 1 N–H and O–H groups in total. The Bertz CT molecular complexity index is 530. The molecule has 22 heavy (non-hydrogen) atoms. The Morgan fingerprint density at radius 1 is 1.32 bits per heavy atom. The van der Waals surface area contributed by atoms with Crippen LogP contribution in [0.1, 0.15) is 39.2 Å². The molecule has 0 unspecified atom stereocenters. The van der Waals surface area contributed by atoms with E-state index in [1.54, 1.807) is 0 Å². The summed E-state index contributed by atoms with van der Waals surface area (Å²) in [7, 11) is 0. The van der Waals surface area contributed by atoms with Crippen molar-refractivity contribution in [3.63, 3.8) is 0 Å². The fourth-order valence-corrected chi connectivity index (χ4v) is 3.75. The monoisotopic (exact) mass is 302 g/mol. The minimum Gasteiger partial charge on any atom is -0.444 e. The van der Waals surface area contributed by atoms with Gasteiger partial charge in [-0.1, -0.05) is 30.3 Å². The largest absolute Gasteiger partial charge is 0.444 e. The zero-order valence-corrected chi connectivity index (χ0v) is 13.8. The maximum Gasteiger partial charge on any atom is 0.407 e. The van der Waals surface area contributed by atoms with Crippen LogP contribution in [0.15, 0.2) is 30.3 Å². The molecule has 1 saturated carbocycles. The summed E-state index contributed by atoms with van der Waals surface area (Å²) in [6.45, 7) is 8.47. The van der Waals surface area contributed by atoms with E-state index in [1.807, 2.05) is 26.8 Å². The van der Waals surface area contributed by atoms with E-state index in [0.29, 0.717) is 6.54 Å². The van der Waals surface area contributed by atoms with Gasteiger partial charge in [-0.3, -0.25) is 4.90 Å². The van der Waals surface area contributed by atoms with Gasteiger partial charge in [0.15, 0.2) is 0 Å². The number of nitrogens with zero attached hydrogens (tertiary/aromatic N) is 1. The number of alkyl carbamates (subject to hydrolysis) is 1. The topological polar surface area (TPSA) is 41.6 Å². The first kappa shape index (κ1) is 15.3. The molecular weight excluding hydrogens is 276 g/mol. The molecule has 0 spiro atoms. The van der Waals surface area contributed by atoms with Crippen molar-refractivity contribution < 1.29 is 9.53 Å². The zero-order chi connectivity index (χ0) is 15.8. The third-order valence-corrected chi connectivity index (χ3v) is 4.66. The van der Waals surface area contributed by atoms with E-state index in [9.17, 15) is 4.79 Å². The number of carbonyl (C=O) groups excluding carboxylic acids is 1. The van der Waals surface area contributed by atoms with Crippen molar-refractivity contribution in [1.29, 1.82) is 0 Å². The van der Waals surface area contributed by atoms with Gasteiger partial charge in [-0.2, -0.15) is 0 Å². The predicted octanol–water partition coefficient (Wildman–Crippen LogP) is 3.18. The number of carbonyl (C=O) groups is 1. The molecule has 3 fully saturated rings.